The first-order chi connectivity index (χ1) is 10.1. The number of hydrogen-bond donors (Lipinski definition) is 1. The van der Waals surface area contributed by atoms with Crippen LogP contribution in [0.15, 0.2) is 43.1 Å². The zero-order chi connectivity index (χ0) is 14.8. The molecule has 1 N–H and O–H groups in total. The molecule has 1 fully saturated rings. The molecule has 3 rings (SSSR count). The van der Waals surface area contributed by atoms with Gasteiger partial charge in [0.25, 0.3) is 0 Å². The van der Waals surface area contributed by atoms with E-state index < -0.39 is 0 Å². The Hall–Kier alpha value is 0.160. The van der Waals surface area contributed by atoms with Crippen LogP contribution in [-0.2, 0) is 0 Å². The van der Waals surface area contributed by atoms with Crippen LogP contribution in [0.2, 0.25) is 0 Å². The number of thiophene rings is 1. The van der Waals surface area contributed by atoms with Crippen LogP contribution in [0.5, 0.6) is 0 Å². The first-order valence-corrected chi connectivity index (χ1v) is 10.4. The molecule has 1 aromatic carbocycles. The molecule has 0 aliphatic heterocycles. The number of rotatable bonds is 4. The molecule has 0 amide bonds. The molecule has 1 aliphatic carbocycles. The van der Waals surface area contributed by atoms with Gasteiger partial charge in [0, 0.05) is 18.3 Å². The van der Waals surface area contributed by atoms with Gasteiger partial charge in [-0.2, -0.15) is 0 Å². The fourth-order valence-corrected chi connectivity index (χ4v) is 6.37. The van der Waals surface area contributed by atoms with Gasteiger partial charge >= 0.3 is 0 Å². The molecule has 1 nitrogen and oxygen atoms in total. The van der Waals surface area contributed by atoms with Crippen LogP contribution in [0.3, 0.4) is 0 Å². The van der Waals surface area contributed by atoms with Crippen LogP contribution in [0.1, 0.15) is 36.6 Å². The Bertz CT molecular complexity index is 583. The van der Waals surface area contributed by atoms with Gasteiger partial charge in [-0.3, -0.25) is 0 Å². The van der Waals surface area contributed by atoms with Gasteiger partial charge in [-0.15, -0.1) is 11.3 Å². The predicted molar refractivity (Wildman–Crippen MR) is 102 cm³/mol. The highest BCUT2D eigenvalue weighted by atomic mass is 79.9. The highest BCUT2D eigenvalue weighted by molar-refractivity contribution is 9.11. The van der Waals surface area contributed by atoms with Gasteiger partial charge < -0.3 is 5.32 Å². The molecule has 1 unspecified atom stereocenters. The Morgan fingerprint density at radius 1 is 1.10 bits per heavy atom. The quantitative estimate of drug-likeness (QED) is 0.468. The minimum Gasteiger partial charge on any atom is -0.375 e. The number of halogens is 3. The van der Waals surface area contributed by atoms with Crippen molar-refractivity contribution in [1.29, 1.82) is 0 Å². The smallest absolute Gasteiger partial charge is 0.0635 e. The number of anilines is 1. The van der Waals surface area contributed by atoms with Gasteiger partial charge in [-0.1, -0.05) is 34.8 Å². The van der Waals surface area contributed by atoms with E-state index in [9.17, 15) is 0 Å². The van der Waals surface area contributed by atoms with E-state index in [1.165, 1.54) is 30.6 Å². The predicted octanol–water partition coefficient (Wildman–Crippen LogP) is 7.38. The SMILES string of the molecule is Brc1cc(Br)c(NC(c2cccs2)C2CCCC2)c(Br)c1. The summed E-state index contributed by atoms with van der Waals surface area (Å²) in [7, 11) is 0. The fourth-order valence-electron chi connectivity index (χ4n) is 3.02. The normalized spacial score (nSPS) is 17.1. The van der Waals surface area contributed by atoms with Crippen LogP contribution < -0.4 is 5.32 Å². The maximum absolute atomic E-state index is 3.78. The molecule has 0 bridgehead atoms. The summed E-state index contributed by atoms with van der Waals surface area (Å²) in [5.41, 5.74) is 1.14. The lowest BCUT2D eigenvalue weighted by Crippen LogP contribution is -2.18. The minimum atomic E-state index is 0.404. The molecule has 0 saturated heterocycles. The zero-order valence-corrected chi connectivity index (χ0v) is 17.0. The van der Waals surface area contributed by atoms with Crippen LogP contribution in [0, 0.1) is 5.92 Å². The average Bonchev–Trinajstić information content (AvgIpc) is 3.11. The molecule has 112 valence electrons. The van der Waals surface area contributed by atoms with Crippen molar-refractivity contribution >= 4 is 64.8 Å². The highest BCUT2D eigenvalue weighted by Crippen LogP contribution is 2.43. The highest BCUT2D eigenvalue weighted by Gasteiger charge is 2.28. The summed E-state index contributed by atoms with van der Waals surface area (Å²) in [6.45, 7) is 0. The molecule has 21 heavy (non-hydrogen) atoms. The summed E-state index contributed by atoms with van der Waals surface area (Å²) >= 11 is 12.7. The Balaban J connectivity index is 1.91. The lowest BCUT2D eigenvalue weighted by molar-refractivity contribution is 0.475. The molecule has 2 aromatic rings. The maximum Gasteiger partial charge on any atom is 0.0635 e. The molecule has 0 spiro atoms. The second-order valence-electron chi connectivity index (χ2n) is 5.43. The van der Waals surface area contributed by atoms with Crippen molar-refractivity contribution in [2.24, 2.45) is 5.92 Å². The number of benzene rings is 1. The third-order valence-electron chi connectivity index (χ3n) is 4.03. The summed E-state index contributed by atoms with van der Waals surface area (Å²) in [6, 6.07) is 8.98. The summed E-state index contributed by atoms with van der Waals surface area (Å²) in [4.78, 5) is 1.43. The monoisotopic (exact) mass is 491 g/mol. The third kappa shape index (κ3) is 3.74. The van der Waals surface area contributed by atoms with E-state index in [0.29, 0.717) is 6.04 Å². The maximum atomic E-state index is 3.78. The lowest BCUT2D eigenvalue weighted by Gasteiger charge is -2.26. The van der Waals surface area contributed by atoms with Crippen LogP contribution in [0.25, 0.3) is 0 Å². The van der Waals surface area contributed by atoms with Gasteiger partial charge in [-0.05, 0) is 74.2 Å². The summed E-state index contributed by atoms with van der Waals surface area (Å²) < 4.78 is 3.24. The molecule has 1 saturated carbocycles. The van der Waals surface area contributed by atoms with E-state index in [4.69, 9.17) is 0 Å². The summed E-state index contributed by atoms with van der Waals surface area (Å²) in [5, 5.41) is 5.95. The largest absolute Gasteiger partial charge is 0.375 e. The molecule has 1 atom stereocenters. The van der Waals surface area contributed by atoms with E-state index >= 15 is 0 Å². The standard InChI is InChI=1S/C16H16Br3NS/c17-11-8-12(18)16(13(19)9-11)20-15(10-4-1-2-5-10)14-6-3-7-21-14/h3,6-10,15,20H,1-2,4-5H2. The van der Waals surface area contributed by atoms with E-state index in [1.54, 1.807) is 0 Å². The van der Waals surface area contributed by atoms with Gasteiger partial charge in [-0.25, -0.2) is 0 Å². The van der Waals surface area contributed by atoms with Crippen LogP contribution >= 0.6 is 59.1 Å². The van der Waals surface area contributed by atoms with E-state index in [0.717, 1.165) is 25.0 Å². The van der Waals surface area contributed by atoms with Crippen molar-refractivity contribution in [3.05, 3.63) is 47.9 Å². The van der Waals surface area contributed by atoms with Crippen molar-refractivity contribution in [2.45, 2.75) is 31.7 Å². The van der Waals surface area contributed by atoms with Gasteiger partial charge in [0.2, 0.25) is 0 Å². The lowest BCUT2D eigenvalue weighted by atomic mass is 9.96. The van der Waals surface area contributed by atoms with E-state index in [2.05, 4.69) is 82.8 Å². The summed E-state index contributed by atoms with van der Waals surface area (Å²) in [6.07, 6.45) is 5.36. The van der Waals surface area contributed by atoms with Crippen molar-refractivity contribution in [3.8, 4) is 0 Å². The number of hydrogen-bond acceptors (Lipinski definition) is 2. The topological polar surface area (TPSA) is 12.0 Å². The molecular formula is C16H16Br3NS. The summed E-state index contributed by atoms with van der Waals surface area (Å²) in [5.74, 6) is 0.728. The Morgan fingerprint density at radius 3 is 2.33 bits per heavy atom. The Labute approximate surface area is 154 Å². The van der Waals surface area contributed by atoms with Gasteiger partial charge in [0.15, 0.2) is 0 Å². The fraction of sp³-hybridized carbons (Fsp3) is 0.375. The van der Waals surface area contributed by atoms with Gasteiger partial charge in [0.05, 0.1) is 11.7 Å². The van der Waals surface area contributed by atoms with E-state index in [-0.39, 0.29) is 0 Å². The second-order valence-corrected chi connectivity index (χ2v) is 9.03. The van der Waals surface area contributed by atoms with E-state index in [1.807, 2.05) is 11.3 Å². The van der Waals surface area contributed by atoms with Crippen molar-refractivity contribution < 1.29 is 0 Å². The zero-order valence-electron chi connectivity index (χ0n) is 11.4. The molecule has 1 aromatic heterocycles. The molecule has 1 heterocycles. The van der Waals surface area contributed by atoms with Crippen LogP contribution in [-0.4, -0.2) is 0 Å². The molecule has 0 radical (unpaired) electrons. The minimum absolute atomic E-state index is 0.404. The Morgan fingerprint density at radius 2 is 1.76 bits per heavy atom. The second kappa shape index (κ2) is 7.16. The number of nitrogens with one attached hydrogen (secondary N) is 1. The first kappa shape index (κ1) is 16.0. The molecule has 5 heteroatoms. The van der Waals surface area contributed by atoms with Crippen molar-refractivity contribution in [2.75, 3.05) is 5.32 Å². The molecule has 1 aliphatic rings. The average molecular weight is 494 g/mol. The van der Waals surface area contributed by atoms with Crippen molar-refractivity contribution in [1.82, 2.24) is 0 Å². The molecular weight excluding hydrogens is 478 g/mol. The third-order valence-corrected chi connectivity index (χ3v) is 6.69. The first-order valence-electron chi connectivity index (χ1n) is 7.09. The Kier molecular flexibility index (Phi) is 5.46. The van der Waals surface area contributed by atoms with Crippen LogP contribution in [0.4, 0.5) is 5.69 Å². The van der Waals surface area contributed by atoms with Gasteiger partial charge in [0.1, 0.15) is 0 Å². The van der Waals surface area contributed by atoms with Crippen molar-refractivity contribution in [3.63, 3.8) is 0 Å².